The van der Waals surface area contributed by atoms with Crippen molar-refractivity contribution < 1.29 is 20.4 Å². The molecule has 27 heavy (non-hydrogen) atoms. The number of aromatic hydroxyl groups is 4. The summed E-state index contributed by atoms with van der Waals surface area (Å²) in [6.07, 6.45) is 12.4. The molecule has 0 saturated carbocycles. The molecule has 0 amide bonds. The molecule has 0 bridgehead atoms. The minimum Gasteiger partial charge on any atom is -0.508 e. The van der Waals surface area contributed by atoms with Crippen LogP contribution in [0.15, 0.2) is 42.5 Å². The SMILES string of the molecule is Cc1c(O)cc(CCCCC=CCCCCc2cc(O)cc(O)c2)cc1O. The van der Waals surface area contributed by atoms with Crippen molar-refractivity contribution >= 4 is 0 Å². The molecule has 0 fully saturated rings. The van der Waals surface area contributed by atoms with E-state index in [-0.39, 0.29) is 23.0 Å². The standard InChI is InChI=1S/C23H30O4/c1-17-22(26)14-19(15-23(17)27)11-9-7-5-3-2-4-6-8-10-18-12-20(24)16-21(25)13-18/h2-3,12-16,24-27H,4-11H2,1H3. The highest BCUT2D eigenvalue weighted by Crippen LogP contribution is 2.28. The lowest BCUT2D eigenvalue weighted by Crippen LogP contribution is -1.87. The second kappa shape index (κ2) is 10.5. The number of phenols is 4. The first kappa shape index (κ1) is 20.7. The Kier molecular flexibility index (Phi) is 8.05. The van der Waals surface area contributed by atoms with Crippen molar-refractivity contribution in [1.29, 1.82) is 0 Å². The molecule has 2 aromatic carbocycles. The van der Waals surface area contributed by atoms with E-state index in [1.165, 1.54) is 6.07 Å². The minimum absolute atomic E-state index is 0.112. The van der Waals surface area contributed by atoms with E-state index >= 15 is 0 Å². The number of aryl methyl sites for hydroxylation is 2. The molecule has 4 nitrogen and oxygen atoms in total. The maximum atomic E-state index is 9.73. The molecular formula is C23H30O4. The van der Waals surface area contributed by atoms with E-state index in [4.69, 9.17) is 0 Å². The molecule has 2 aromatic rings. The van der Waals surface area contributed by atoms with Crippen molar-refractivity contribution in [2.75, 3.05) is 0 Å². The zero-order chi connectivity index (χ0) is 19.6. The van der Waals surface area contributed by atoms with Gasteiger partial charge in [-0.1, -0.05) is 12.2 Å². The predicted molar refractivity (Wildman–Crippen MR) is 109 cm³/mol. The van der Waals surface area contributed by atoms with E-state index in [2.05, 4.69) is 12.2 Å². The Labute approximate surface area is 161 Å². The summed E-state index contributed by atoms with van der Waals surface area (Å²) in [6.45, 7) is 1.70. The van der Waals surface area contributed by atoms with E-state index < -0.39 is 0 Å². The van der Waals surface area contributed by atoms with E-state index in [0.717, 1.165) is 62.5 Å². The van der Waals surface area contributed by atoms with Crippen LogP contribution in [0.2, 0.25) is 0 Å². The molecule has 0 aliphatic carbocycles. The maximum absolute atomic E-state index is 9.73. The van der Waals surface area contributed by atoms with Gasteiger partial charge in [-0.2, -0.15) is 0 Å². The molecule has 0 aromatic heterocycles. The number of rotatable bonds is 10. The molecule has 0 atom stereocenters. The van der Waals surface area contributed by atoms with Crippen LogP contribution >= 0.6 is 0 Å². The Morgan fingerprint density at radius 3 is 1.56 bits per heavy atom. The first-order valence-electron chi connectivity index (χ1n) is 9.64. The highest BCUT2D eigenvalue weighted by atomic mass is 16.3. The topological polar surface area (TPSA) is 80.9 Å². The minimum atomic E-state index is 0.112. The van der Waals surface area contributed by atoms with Crippen LogP contribution in [0.5, 0.6) is 23.0 Å². The maximum Gasteiger partial charge on any atom is 0.122 e. The molecule has 2 rings (SSSR count). The van der Waals surface area contributed by atoms with E-state index in [1.54, 1.807) is 31.2 Å². The van der Waals surface area contributed by atoms with Crippen molar-refractivity contribution in [2.24, 2.45) is 0 Å². The highest BCUT2D eigenvalue weighted by Gasteiger charge is 2.05. The highest BCUT2D eigenvalue weighted by molar-refractivity contribution is 5.45. The van der Waals surface area contributed by atoms with Gasteiger partial charge in [0, 0.05) is 11.6 Å². The van der Waals surface area contributed by atoms with Crippen LogP contribution in [0.4, 0.5) is 0 Å². The average Bonchev–Trinajstić information content (AvgIpc) is 2.60. The van der Waals surface area contributed by atoms with Crippen molar-refractivity contribution in [3.8, 4) is 23.0 Å². The Morgan fingerprint density at radius 2 is 1.07 bits per heavy atom. The van der Waals surface area contributed by atoms with Gasteiger partial charge < -0.3 is 20.4 Å². The lowest BCUT2D eigenvalue weighted by Gasteiger charge is -2.06. The lowest BCUT2D eigenvalue weighted by molar-refractivity contribution is 0.441. The summed E-state index contributed by atoms with van der Waals surface area (Å²) >= 11 is 0. The summed E-state index contributed by atoms with van der Waals surface area (Å²) in [5, 5.41) is 38.4. The van der Waals surface area contributed by atoms with Crippen LogP contribution in [0, 0.1) is 6.92 Å². The molecule has 0 heterocycles. The van der Waals surface area contributed by atoms with Gasteiger partial charge >= 0.3 is 0 Å². The second-order valence-electron chi connectivity index (χ2n) is 7.08. The van der Waals surface area contributed by atoms with Gasteiger partial charge in [0.1, 0.15) is 23.0 Å². The van der Waals surface area contributed by atoms with Gasteiger partial charge in [-0.3, -0.25) is 0 Å². The Balaban J connectivity index is 1.55. The molecule has 0 radical (unpaired) electrons. The Hall–Kier alpha value is -2.62. The van der Waals surface area contributed by atoms with Gasteiger partial charge in [0.15, 0.2) is 0 Å². The first-order chi connectivity index (χ1) is 13.0. The van der Waals surface area contributed by atoms with Crippen LogP contribution in [0.1, 0.15) is 55.2 Å². The molecule has 0 unspecified atom stereocenters. The van der Waals surface area contributed by atoms with Crippen molar-refractivity contribution in [3.05, 3.63) is 59.2 Å². The third kappa shape index (κ3) is 7.26. The van der Waals surface area contributed by atoms with Gasteiger partial charge in [0.05, 0.1) is 0 Å². The summed E-state index contributed by atoms with van der Waals surface area (Å²) in [5.41, 5.74) is 2.46. The van der Waals surface area contributed by atoms with E-state index in [0.29, 0.717) is 5.56 Å². The summed E-state index contributed by atoms with van der Waals surface area (Å²) in [7, 11) is 0. The molecule has 4 N–H and O–H groups in total. The van der Waals surface area contributed by atoms with Crippen molar-refractivity contribution in [2.45, 2.75) is 58.3 Å². The fraction of sp³-hybridized carbons (Fsp3) is 0.391. The van der Waals surface area contributed by atoms with Crippen LogP contribution < -0.4 is 0 Å². The summed E-state index contributed by atoms with van der Waals surface area (Å²) in [4.78, 5) is 0. The zero-order valence-corrected chi connectivity index (χ0v) is 16.0. The molecule has 146 valence electrons. The quantitative estimate of drug-likeness (QED) is 0.329. The van der Waals surface area contributed by atoms with Crippen molar-refractivity contribution in [1.82, 2.24) is 0 Å². The largest absolute Gasteiger partial charge is 0.508 e. The molecule has 0 saturated heterocycles. The number of hydrogen-bond acceptors (Lipinski definition) is 4. The van der Waals surface area contributed by atoms with Gasteiger partial charge in [0.25, 0.3) is 0 Å². The summed E-state index contributed by atoms with van der Waals surface area (Å²) in [5.74, 6) is 0.540. The Morgan fingerprint density at radius 1 is 0.630 bits per heavy atom. The third-order valence-corrected chi connectivity index (χ3v) is 4.71. The van der Waals surface area contributed by atoms with Crippen LogP contribution in [-0.2, 0) is 12.8 Å². The lowest BCUT2D eigenvalue weighted by atomic mass is 10.0. The fourth-order valence-electron chi connectivity index (χ4n) is 3.10. The van der Waals surface area contributed by atoms with Gasteiger partial charge in [-0.05, 0) is 93.7 Å². The number of benzene rings is 2. The summed E-state index contributed by atoms with van der Waals surface area (Å²) < 4.78 is 0. The molecule has 0 spiro atoms. The first-order valence-corrected chi connectivity index (χ1v) is 9.64. The van der Waals surface area contributed by atoms with Crippen LogP contribution in [0.3, 0.4) is 0 Å². The zero-order valence-electron chi connectivity index (χ0n) is 16.0. The monoisotopic (exact) mass is 370 g/mol. The third-order valence-electron chi connectivity index (χ3n) is 4.71. The van der Waals surface area contributed by atoms with Crippen molar-refractivity contribution in [3.63, 3.8) is 0 Å². The second-order valence-corrected chi connectivity index (χ2v) is 7.08. The smallest absolute Gasteiger partial charge is 0.122 e. The van der Waals surface area contributed by atoms with Gasteiger partial charge in [-0.25, -0.2) is 0 Å². The number of allylic oxidation sites excluding steroid dienone is 2. The number of hydrogen-bond donors (Lipinski definition) is 4. The Bertz CT molecular complexity index is 722. The molecule has 4 heteroatoms. The summed E-state index contributed by atoms with van der Waals surface area (Å²) in [6, 6.07) is 8.21. The van der Waals surface area contributed by atoms with Crippen LogP contribution in [-0.4, -0.2) is 20.4 Å². The average molecular weight is 370 g/mol. The fourth-order valence-corrected chi connectivity index (χ4v) is 3.10. The van der Waals surface area contributed by atoms with E-state index in [9.17, 15) is 20.4 Å². The van der Waals surface area contributed by atoms with Gasteiger partial charge in [-0.15, -0.1) is 0 Å². The molecular weight excluding hydrogens is 340 g/mol. The molecule has 0 aliphatic heterocycles. The normalized spacial score (nSPS) is 11.3. The molecule has 0 aliphatic rings. The van der Waals surface area contributed by atoms with E-state index in [1.807, 2.05) is 0 Å². The van der Waals surface area contributed by atoms with Gasteiger partial charge in [0.2, 0.25) is 0 Å². The predicted octanol–water partition coefficient (Wildman–Crippen LogP) is 5.50. The number of phenolic OH excluding ortho intramolecular Hbond substituents is 4. The number of unbranched alkanes of at least 4 members (excludes halogenated alkanes) is 4. The van der Waals surface area contributed by atoms with Crippen LogP contribution in [0.25, 0.3) is 0 Å².